The molecule has 3 nitrogen and oxygen atoms in total. The van der Waals surface area contributed by atoms with Crippen LogP contribution in [-0.4, -0.2) is 18.3 Å². The molecule has 0 aromatic carbocycles. The first-order chi connectivity index (χ1) is 8.67. The van der Waals surface area contributed by atoms with E-state index in [1.165, 1.54) is 25.5 Å². The average Bonchev–Trinajstić information content (AvgIpc) is 2.83. The van der Waals surface area contributed by atoms with Crippen LogP contribution in [0.4, 0.5) is 0 Å². The predicted molar refractivity (Wildman–Crippen MR) is 72.3 cm³/mol. The van der Waals surface area contributed by atoms with Crippen LogP contribution in [0.5, 0.6) is 0 Å². The Morgan fingerprint density at radius 3 is 2.67 bits per heavy atom. The summed E-state index contributed by atoms with van der Waals surface area (Å²) in [6.07, 6.45) is 7.21. The molecule has 2 rings (SSSR count). The SMILES string of the molecule is O=C(NCC1(CCl)CCCCC1)c1ccoc1Cl. The summed E-state index contributed by atoms with van der Waals surface area (Å²) in [4.78, 5) is 11.9. The Balaban J connectivity index is 1.94. The van der Waals surface area contributed by atoms with Crippen molar-refractivity contribution in [1.82, 2.24) is 5.32 Å². The van der Waals surface area contributed by atoms with E-state index in [4.69, 9.17) is 27.6 Å². The molecule has 5 heteroatoms. The van der Waals surface area contributed by atoms with Crippen molar-refractivity contribution >= 4 is 29.1 Å². The molecule has 0 atom stereocenters. The number of nitrogens with one attached hydrogen (secondary N) is 1. The lowest BCUT2D eigenvalue weighted by Gasteiger charge is -2.35. The zero-order valence-corrected chi connectivity index (χ0v) is 11.7. The number of halogens is 2. The van der Waals surface area contributed by atoms with Gasteiger partial charge in [0.2, 0.25) is 5.22 Å². The minimum Gasteiger partial charge on any atom is -0.452 e. The van der Waals surface area contributed by atoms with Gasteiger partial charge in [-0.05, 0) is 30.5 Å². The molecule has 1 aliphatic rings. The fourth-order valence-corrected chi connectivity index (χ4v) is 3.04. The van der Waals surface area contributed by atoms with E-state index in [2.05, 4.69) is 5.32 Å². The molecule has 1 saturated carbocycles. The minimum absolute atomic E-state index is 0.0473. The van der Waals surface area contributed by atoms with Gasteiger partial charge in [0.25, 0.3) is 5.91 Å². The van der Waals surface area contributed by atoms with E-state index in [1.54, 1.807) is 6.07 Å². The molecule has 1 aromatic rings. The highest BCUT2D eigenvalue weighted by Crippen LogP contribution is 2.36. The van der Waals surface area contributed by atoms with Crippen molar-refractivity contribution in [3.05, 3.63) is 23.1 Å². The van der Waals surface area contributed by atoms with Crippen LogP contribution < -0.4 is 5.32 Å². The van der Waals surface area contributed by atoms with E-state index in [0.717, 1.165) is 12.8 Å². The average molecular weight is 290 g/mol. The zero-order chi connectivity index (χ0) is 13.0. The molecule has 0 unspecified atom stereocenters. The second-order valence-electron chi connectivity index (χ2n) is 4.98. The van der Waals surface area contributed by atoms with E-state index in [-0.39, 0.29) is 16.5 Å². The van der Waals surface area contributed by atoms with Gasteiger partial charge in [-0.25, -0.2) is 0 Å². The Bertz CT molecular complexity index is 411. The van der Waals surface area contributed by atoms with E-state index in [9.17, 15) is 4.79 Å². The molecule has 0 bridgehead atoms. The summed E-state index contributed by atoms with van der Waals surface area (Å²) in [5.41, 5.74) is 0.434. The summed E-state index contributed by atoms with van der Waals surface area (Å²) >= 11 is 11.9. The lowest BCUT2D eigenvalue weighted by atomic mass is 9.75. The Hall–Kier alpha value is -0.670. The lowest BCUT2D eigenvalue weighted by Crippen LogP contribution is -2.40. The van der Waals surface area contributed by atoms with Crippen LogP contribution in [0.1, 0.15) is 42.5 Å². The smallest absolute Gasteiger partial charge is 0.256 e. The van der Waals surface area contributed by atoms with Gasteiger partial charge < -0.3 is 9.73 Å². The summed E-state index contributed by atoms with van der Waals surface area (Å²) < 4.78 is 4.91. The Kier molecular flexibility index (Phi) is 4.57. The number of rotatable bonds is 4. The molecule has 1 aromatic heterocycles. The van der Waals surface area contributed by atoms with Crippen LogP contribution in [-0.2, 0) is 0 Å². The van der Waals surface area contributed by atoms with E-state index in [0.29, 0.717) is 18.0 Å². The fraction of sp³-hybridized carbons (Fsp3) is 0.615. The Labute approximate surface area is 117 Å². The third-order valence-corrected chi connectivity index (χ3v) is 4.54. The zero-order valence-electron chi connectivity index (χ0n) is 10.2. The third-order valence-electron chi connectivity index (χ3n) is 3.68. The molecule has 1 amide bonds. The molecule has 0 aliphatic heterocycles. The predicted octanol–water partition coefficient (Wildman–Crippen LogP) is 3.85. The lowest BCUT2D eigenvalue weighted by molar-refractivity contribution is 0.0920. The van der Waals surface area contributed by atoms with Crippen molar-refractivity contribution in [3.63, 3.8) is 0 Å². The number of carbonyl (C=O) groups is 1. The molecule has 1 N–H and O–H groups in total. The maximum absolute atomic E-state index is 11.9. The molecule has 1 heterocycles. The first-order valence-electron chi connectivity index (χ1n) is 6.24. The molecule has 0 saturated heterocycles. The van der Waals surface area contributed by atoms with E-state index < -0.39 is 0 Å². The Morgan fingerprint density at radius 1 is 1.39 bits per heavy atom. The van der Waals surface area contributed by atoms with E-state index >= 15 is 0 Å². The van der Waals surface area contributed by atoms with Crippen LogP contribution in [0.3, 0.4) is 0 Å². The molecular weight excluding hydrogens is 273 g/mol. The van der Waals surface area contributed by atoms with Gasteiger partial charge >= 0.3 is 0 Å². The molecule has 1 aliphatic carbocycles. The molecule has 0 radical (unpaired) electrons. The number of hydrogen-bond donors (Lipinski definition) is 1. The number of hydrogen-bond acceptors (Lipinski definition) is 2. The van der Waals surface area contributed by atoms with Crippen molar-refractivity contribution in [2.45, 2.75) is 32.1 Å². The molecule has 18 heavy (non-hydrogen) atoms. The summed E-state index contributed by atoms with van der Waals surface area (Å²) in [7, 11) is 0. The summed E-state index contributed by atoms with van der Waals surface area (Å²) in [5.74, 6) is 0.399. The van der Waals surface area contributed by atoms with Crippen molar-refractivity contribution < 1.29 is 9.21 Å². The van der Waals surface area contributed by atoms with Gasteiger partial charge in [-0.1, -0.05) is 19.3 Å². The fourth-order valence-electron chi connectivity index (χ4n) is 2.48. The topological polar surface area (TPSA) is 42.2 Å². The normalized spacial score (nSPS) is 18.6. The summed E-state index contributed by atoms with van der Waals surface area (Å²) in [6.45, 7) is 0.608. The maximum atomic E-state index is 11.9. The number of furan rings is 1. The Morgan fingerprint density at radius 2 is 2.11 bits per heavy atom. The van der Waals surface area contributed by atoms with Crippen molar-refractivity contribution in [1.29, 1.82) is 0 Å². The number of carbonyl (C=O) groups excluding carboxylic acids is 1. The molecule has 1 fully saturated rings. The third kappa shape index (κ3) is 3.01. The quantitative estimate of drug-likeness (QED) is 0.856. The molecular formula is C13H17Cl2NO2. The van der Waals surface area contributed by atoms with Gasteiger partial charge in [-0.15, -0.1) is 11.6 Å². The maximum Gasteiger partial charge on any atom is 0.256 e. The van der Waals surface area contributed by atoms with Gasteiger partial charge in [0, 0.05) is 17.8 Å². The highest BCUT2D eigenvalue weighted by molar-refractivity contribution is 6.32. The first-order valence-corrected chi connectivity index (χ1v) is 7.15. The van der Waals surface area contributed by atoms with Gasteiger partial charge in [-0.3, -0.25) is 4.79 Å². The van der Waals surface area contributed by atoms with E-state index in [1.807, 2.05) is 0 Å². The summed E-state index contributed by atoms with van der Waals surface area (Å²) in [6, 6.07) is 1.58. The van der Waals surface area contributed by atoms with Crippen LogP contribution in [0.2, 0.25) is 5.22 Å². The second kappa shape index (κ2) is 5.98. The minimum atomic E-state index is -0.191. The van der Waals surface area contributed by atoms with Crippen molar-refractivity contribution in [3.8, 4) is 0 Å². The molecule has 0 spiro atoms. The van der Waals surface area contributed by atoms with Crippen LogP contribution >= 0.6 is 23.2 Å². The van der Waals surface area contributed by atoms with Crippen LogP contribution in [0.25, 0.3) is 0 Å². The largest absolute Gasteiger partial charge is 0.452 e. The standard InChI is InChI=1S/C13H17Cl2NO2/c14-8-13(5-2-1-3-6-13)9-16-12(17)10-4-7-18-11(10)15/h4,7H,1-3,5-6,8-9H2,(H,16,17). The number of amides is 1. The van der Waals surface area contributed by atoms with Crippen LogP contribution in [0, 0.1) is 5.41 Å². The van der Waals surface area contributed by atoms with Gasteiger partial charge in [0.05, 0.1) is 11.8 Å². The van der Waals surface area contributed by atoms with Gasteiger partial charge in [-0.2, -0.15) is 0 Å². The summed E-state index contributed by atoms with van der Waals surface area (Å²) in [5, 5.41) is 3.05. The van der Waals surface area contributed by atoms with Gasteiger partial charge in [0.1, 0.15) is 0 Å². The van der Waals surface area contributed by atoms with Crippen LogP contribution in [0.15, 0.2) is 16.7 Å². The highest BCUT2D eigenvalue weighted by atomic mass is 35.5. The van der Waals surface area contributed by atoms with Crippen molar-refractivity contribution in [2.75, 3.05) is 12.4 Å². The monoisotopic (exact) mass is 289 g/mol. The van der Waals surface area contributed by atoms with Crippen molar-refractivity contribution in [2.24, 2.45) is 5.41 Å². The highest BCUT2D eigenvalue weighted by Gasteiger charge is 2.31. The van der Waals surface area contributed by atoms with Gasteiger partial charge in [0.15, 0.2) is 0 Å². The molecule has 100 valence electrons. The second-order valence-corrected chi connectivity index (χ2v) is 5.60. The number of alkyl halides is 1. The first kappa shape index (κ1) is 13.8.